The van der Waals surface area contributed by atoms with Crippen LogP contribution in [-0.4, -0.2) is 29.1 Å². The molecule has 0 radical (unpaired) electrons. The van der Waals surface area contributed by atoms with Crippen molar-refractivity contribution in [3.8, 4) is 0 Å². The van der Waals surface area contributed by atoms with E-state index in [0.717, 1.165) is 0 Å². The maximum absolute atomic E-state index is 11.5. The van der Waals surface area contributed by atoms with E-state index in [2.05, 4.69) is 5.32 Å². The SMILES string of the molecule is CC(C)C(CNC(=O)CCC(C)(C)N)C(=O)O. The molecule has 0 aromatic carbocycles. The van der Waals surface area contributed by atoms with E-state index in [1.807, 2.05) is 27.7 Å². The quantitative estimate of drug-likeness (QED) is 0.622. The molecule has 1 amide bonds. The van der Waals surface area contributed by atoms with Gasteiger partial charge in [0.15, 0.2) is 0 Å². The van der Waals surface area contributed by atoms with Crippen molar-refractivity contribution < 1.29 is 14.7 Å². The van der Waals surface area contributed by atoms with E-state index in [1.54, 1.807) is 0 Å². The Morgan fingerprint density at radius 3 is 2.24 bits per heavy atom. The molecule has 0 fully saturated rings. The minimum Gasteiger partial charge on any atom is -0.481 e. The number of nitrogens with one attached hydrogen (secondary N) is 1. The molecule has 5 heteroatoms. The molecule has 0 heterocycles. The summed E-state index contributed by atoms with van der Waals surface area (Å²) in [5, 5.41) is 11.6. The topological polar surface area (TPSA) is 92.4 Å². The summed E-state index contributed by atoms with van der Waals surface area (Å²) in [4.78, 5) is 22.4. The van der Waals surface area contributed by atoms with Crippen molar-refractivity contribution in [2.45, 2.75) is 46.1 Å². The van der Waals surface area contributed by atoms with Gasteiger partial charge in [0.25, 0.3) is 0 Å². The number of nitrogens with two attached hydrogens (primary N) is 1. The molecule has 0 bridgehead atoms. The summed E-state index contributed by atoms with van der Waals surface area (Å²) in [5.41, 5.74) is 5.39. The average Bonchev–Trinajstić information content (AvgIpc) is 2.12. The van der Waals surface area contributed by atoms with Gasteiger partial charge in [-0.05, 0) is 26.2 Å². The van der Waals surface area contributed by atoms with Gasteiger partial charge in [-0.1, -0.05) is 13.8 Å². The lowest BCUT2D eigenvalue weighted by Gasteiger charge is -2.19. The number of hydrogen-bond donors (Lipinski definition) is 3. The molecule has 4 N–H and O–H groups in total. The molecule has 5 nitrogen and oxygen atoms in total. The van der Waals surface area contributed by atoms with Crippen LogP contribution in [0.25, 0.3) is 0 Å². The Balaban J connectivity index is 4.02. The number of carboxylic acid groups (broad SMARTS) is 1. The maximum Gasteiger partial charge on any atom is 0.308 e. The molecule has 0 saturated carbocycles. The number of hydrogen-bond acceptors (Lipinski definition) is 3. The van der Waals surface area contributed by atoms with E-state index in [9.17, 15) is 9.59 Å². The van der Waals surface area contributed by atoms with Crippen molar-refractivity contribution in [3.63, 3.8) is 0 Å². The van der Waals surface area contributed by atoms with Gasteiger partial charge in [-0.3, -0.25) is 9.59 Å². The van der Waals surface area contributed by atoms with E-state index in [0.29, 0.717) is 12.8 Å². The summed E-state index contributed by atoms with van der Waals surface area (Å²) >= 11 is 0. The average molecular weight is 244 g/mol. The lowest BCUT2D eigenvalue weighted by molar-refractivity contribution is -0.143. The second-order valence-corrected chi connectivity index (χ2v) is 5.48. The summed E-state index contributed by atoms with van der Waals surface area (Å²) in [6.07, 6.45) is 0.909. The summed E-state index contributed by atoms with van der Waals surface area (Å²) in [7, 11) is 0. The molecule has 100 valence electrons. The van der Waals surface area contributed by atoms with Gasteiger partial charge in [-0.25, -0.2) is 0 Å². The zero-order valence-corrected chi connectivity index (χ0v) is 11.1. The molecule has 0 aliphatic rings. The molecule has 0 aliphatic heterocycles. The molecule has 0 aliphatic carbocycles. The Morgan fingerprint density at radius 2 is 1.88 bits per heavy atom. The number of rotatable bonds is 7. The van der Waals surface area contributed by atoms with E-state index < -0.39 is 11.9 Å². The van der Waals surface area contributed by atoms with Crippen LogP contribution in [0.15, 0.2) is 0 Å². The zero-order valence-electron chi connectivity index (χ0n) is 11.1. The normalized spacial score (nSPS) is 13.5. The summed E-state index contributed by atoms with van der Waals surface area (Å²) in [6.45, 7) is 7.54. The van der Waals surface area contributed by atoms with Crippen LogP contribution < -0.4 is 11.1 Å². The highest BCUT2D eigenvalue weighted by Gasteiger charge is 2.22. The Bertz CT molecular complexity index is 269. The molecule has 0 saturated heterocycles. The molecule has 1 atom stereocenters. The van der Waals surface area contributed by atoms with Crippen LogP contribution in [0.4, 0.5) is 0 Å². The predicted octanol–water partition coefficient (Wildman–Crippen LogP) is 0.977. The molecular weight excluding hydrogens is 220 g/mol. The monoisotopic (exact) mass is 244 g/mol. The fourth-order valence-corrected chi connectivity index (χ4v) is 1.36. The van der Waals surface area contributed by atoms with Crippen molar-refractivity contribution in [1.82, 2.24) is 5.32 Å². The molecular formula is C12H24N2O3. The van der Waals surface area contributed by atoms with Gasteiger partial charge in [-0.15, -0.1) is 0 Å². The van der Waals surface area contributed by atoms with Crippen LogP contribution in [0.5, 0.6) is 0 Å². The molecule has 0 spiro atoms. The lowest BCUT2D eigenvalue weighted by atomic mass is 9.95. The largest absolute Gasteiger partial charge is 0.481 e. The third kappa shape index (κ3) is 7.74. The standard InChI is InChI=1S/C12H24N2O3/c1-8(2)9(11(16)17)7-14-10(15)5-6-12(3,4)13/h8-9H,5-7,13H2,1-4H3,(H,14,15)(H,16,17). The van der Waals surface area contributed by atoms with Gasteiger partial charge in [-0.2, -0.15) is 0 Å². The minimum atomic E-state index is -0.876. The highest BCUT2D eigenvalue weighted by atomic mass is 16.4. The summed E-state index contributed by atoms with van der Waals surface area (Å²) in [5.74, 6) is -1.56. The fourth-order valence-electron chi connectivity index (χ4n) is 1.36. The first kappa shape index (κ1) is 15.9. The van der Waals surface area contributed by atoms with Crippen LogP contribution in [0, 0.1) is 11.8 Å². The van der Waals surface area contributed by atoms with Gasteiger partial charge in [0, 0.05) is 18.5 Å². The smallest absolute Gasteiger partial charge is 0.308 e. The predicted molar refractivity (Wildman–Crippen MR) is 66.5 cm³/mol. The van der Waals surface area contributed by atoms with Crippen molar-refractivity contribution >= 4 is 11.9 Å². The summed E-state index contributed by atoms with van der Waals surface area (Å²) < 4.78 is 0. The van der Waals surface area contributed by atoms with E-state index in [1.165, 1.54) is 0 Å². The number of carbonyl (C=O) groups is 2. The Morgan fingerprint density at radius 1 is 1.35 bits per heavy atom. The third-order valence-corrected chi connectivity index (χ3v) is 2.64. The van der Waals surface area contributed by atoms with Crippen LogP contribution in [0.3, 0.4) is 0 Å². The van der Waals surface area contributed by atoms with Crippen molar-refractivity contribution in [1.29, 1.82) is 0 Å². The first-order chi connectivity index (χ1) is 7.63. The van der Waals surface area contributed by atoms with Gasteiger partial charge >= 0.3 is 5.97 Å². The minimum absolute atomic E-state index is 0.00116. The molecule has 17 heavy (non-hydrogen) atoms. The van der Waals surface area contributed by atoms with Crippen molar-refractivity contribution in [3.05, 3.63) is 0 Å². The van der Waals surface area contributed by atoms with Gasteiger partial charge < -0.3 is 16.2 Å². The van der Waals surface area contributed by atoms with Gasteiger partial charge in [0.05, 0.1) is 5.92 Å². The summed E-state index contributed by atoms with van der Waals surface area (Å²) in [6, 6.07) is 0. The van der Waals surface area contributed by atoms with Gasteiger partial charge in [0.1, 0.15) is 0 Å². The first-order valence-electron chi connectivity index (χ1n) is 5.92. The Hall–Kier alpha value is -1.10. The molecule has 0 aromatic rings. The number of carboxylic acids is 1. The lowest BCUT2D eigenvalue weighted by Crippen LogP contribution is -2.38. The zero-order chi connectivity index (χ0) is 13.6. The van der Waals surface area contributed by atoms with Gasteiger partial charge in [0.2, 0.25) is 5.91 Å². The van der Waals surface area contributed by atoms with E-state index in [-0.39, 0.29) is 23.9 Å². The molecule has 0 aromatic heterocycles. The van der Waals surface area contributed by atoms with Crippen molar-refractivity contribution in [2.75, 3.05) is 6.54 Å². The first-order valence-corrected chi connectivity index (χ1v) is 5.92. The van der Waals surface area contributed by atoms with Crippen LogP contribution in [-0.2, 0) is 9.59 Å². The molecule has 0 rings (SSSR count). The van der Waals surface area contributed by atoms with Crippen LogP contribution in [0.1, 0.15) is 40.5 Å². The van der Waals surface area contributed by atoms with Crippen LogP contribution in [0.2, 0.25) is 0 Å². The van der Waals surface area contributed by atoms with E-state index >= 15 is 0 Å². The second kappa shape index (κ2) is 6.59. The Kier molecular flexibility index (Phi) is 6.16. The number of aliphatic carboxylic acids is 1. The third-order valence-electron chi connectivity index (χ3n) is 2.64. The fraction of sp³-hybridized carbons (Fsp3) is 0.833. The molecule has 1 unspecified atom stereocenters. The van der Waals surface area contributed by atoms with Crippen molar-refractivity contribution in [2.24, 2.45) is 17.6 Å². The highest BCUT2D eigenvalue weighted by Crippen LogP contribution is 2.10. The highest BCUT2D eigenvalue weighted by molar-refractivity contribution is 5.77. The Labute approximate surface area is 103 Å². The maximum atomic E-state index is 11.5. The van der Waals surface area contributed by atoms with Crippen LogP contribution >= 0.6 is 0 Å². The van der Waals surface area contributed by atoms with E-state index in [4.69, 9.17) is 10.8 Å². The number of carbonyl (C=O) groups excluding carboxylic acids is 1. The number of amides is 1. The second-order valence-electron chi connectivity index (χ2n) is 5.48.